The zero-order valence-corrected chi connectivity index (χ0v) is 14.3. The van der Waals surface area contributed by atoms with Crippen molar-refractivity contribution in [3.8, 4) is 11.5 Å². The Labute approximate surface area is 138 Å². The molecule has 23 heavy (non-hydrogen) atoms. The van der Waals surface area contributed by atoms with Gasteiger partial charge in [0.25, 0.3) is 5.89 Å². The first-order valence-electron chi connectivity index (χ1n) is 9.03. The highest BCUT2D eigenvalue weighted by molar-refractivity contribution is 5.50. The maximum absolute atomic E-state index is 5.45. The van der Waals surface area contributed by atoms with E-state index in [9.17, 15) is 0 Å². The van der Waals surface area contributed by atoms with Crippen LogP contribution in [0.3, 0.4) is 0 Å². The quantitative estimate of drug-likeness (QED) is 0.679. The van der Waals surface area contributed by atoms with Crippen LogP contribution in [0, 0.1) is 12.8 Å². The predicted molar refractivity (Wildman–Crippen MR) is 91.1 cm³/mol. The lowest BCUT2D eigenvalue weighted by Gasteiger charge is -2.26. The van der Waals surface area contributed by atoms with E-state index >= 15 is 0 Å². The molecule has 1 aliphatic carbocycles. The monoisotopic (exact) mass is 313 g/mol. The Morgan fingerprint density at radius 2 is 1.96 bits per heavy atom. The van der Waals surface area contributed by atoms with Crippen LogP contribution in [-0.4, -0.2) is 15.1 Å². The minimum Gasteiger partial charge on any atom is -0.334 e. The van der Waals surface area contributed by atoms with Crippen molar-refractivity contribution in [1.29, 1.82) is 0 Å². The number of unbranched alkanes of at least 4 members (excludes halogenated alkanes) is 2. The molecule has 0 unspecified atom stereocenters. The summed E-state index contributed by atoms with van der Waals surface area (Å²) >= 11 is 0. The Hall–Kier alpha value is -1.71. The summed E-state index contributed by atoms with van der Waals surface area (Å²) < 4.78 is 5.45. The highest BCUT2D eigenvalue weighted by atomic mass is 16.5. The van der Waals surface area contributed by atoms with Crippen molar-refractivity contribution in [2.45, 2.75) is 71.1 Å². The zero-order chi connectivity index (χ0) is 16.1. The Kier molecular flexibility index (Phi) is 5.42. The molecule has 0 bridgehead atoms. The lowest BCUT2D eigenvalue weighted by Crippen LogP contribution is -2.14. The van der Waals surface area contributed by atoms with Gasteiger partial charge >= 0.3 is 0 Å². The molecule has 0 N–H and O–H groups in total. The zero-order valence-electron chi connectivity index (χ0n) is 14.3. The fourth-order valence-electron chi connectivity index (χ4n) is 3.50. The van der Waals surface area contributed by atoms with Gasteiger partial charge in [-0.25, -0.2) is 0 Å². The van der Waals surface area contributed by atoms with E-state index in [0.717, 1.165) is 23.0 Å². The Morgan fingerprint density at radius 3 is 2.65 bits per heavy atom. The van der Waals surface area contributed by atoms with Gasteiger partial charge in [-0.3, -0.25) is 4.98 Å². The lowest BCUT2D eigenvalue weighted by molar-refractivity contribution is 0.292. The molecule has 0 amide bonds. The van der Waals surface area contributed by atoms with E-state index in [1.807, 2.05) is 19.1 Å². The number of hydrogen-bond acceptors (Lipinski definition) is 4. The molecule has 0 atom stereocenters. The molecule has 2 heterocycles. The van der Waals surface area contributed by atoms with Gasteiger partial charge in [-0.05, 0) is 50.7 Å². The van der Waals surface area contributed by atoms with Gasteiger partial charge in [-0.2, -0.15) is 4.98 Å². The minimum absolute atomic E-state index is 0.466. The summed E-state index contributed by atoms with van der Waals surface area (Å²) in [6.45, 7) is 4.25. The van der Waals surface area contributed by atoms with Gasteiger partial charge in [-0.15, -0.1) is 0 Å². The second-order valence-corrected chi connectivity index (χ2v) is 6.86. The van der Waals surface area contributed by atoms with Crippen molar-refractivity contribution in [1.82, 2.24) is 15.1 Å². The molecule has 2 aromatic rings. The fourth-order valence-corrected chi connectivity index (χ4v) is 3.50. The minimum atomic E-state index is 0.466. The Morgan fingerprint density at radius 1 is 1.13 bits per heavy atom. The third-order valence-corrected chi connectivity index (χ3v) is 5.03. The molecule has 0 spiro atoms. The average Bonchev–Trinajstić information content (AvgIpc) is 3.06. The van der Waals surface area contributed by atoms with E-state index in [2.05, 4.69) is 22.0 Å². The van der Waals surface area contributed by atoms with E-state index in [1.165, 1.54) is 51.4 Å². The molecule has 1 saturated carbocycles. The molecule has 2 aromatic heterocycles. The summed E-state index contributed by atoms with van der Waals surface area (Å²) in [5.41, 5.74) is 1.90. The summed E-state index contributed by atoms with van der Waals surface area (Å²) in [6.07, 6.45) is 12.3. The maximum Gasteiger partial charge on any atom is 0.259 e. The van der Waals surface area contributed by atoms with Crippen LogP contribution in [-0.2, 0) is 0 Å². The van der Waals surface area contributed by atoms with Crippen molar-refractivity contribution in [3.05, 3.63) is 29.8 Å². The smallest absolute Gasteiger partial charge is 0.259 e. The van der Waals surface area contributed by atoms with Crippen LogP contribution in [0.15, 0.2) is 22.9 Å². The Balaban J connectivity index is 1.56. The molecule has 0 aliphatic heterocycles. The topological polar surface area (TPSA) is 51.8 Å². The van der Waals surface area contributed by atoms with Gasteiger partial charge < -0.3 is 4.52 Å². The molecule has 1 fully saturated rings. The number of aryl methyl sites for hydroxylation is 1. The van der Waals surface area contributed by atoms with Crippen LogP contribution in [0.4, 0.5) is 0 Å². The van der Waals surface area contributed by atoms with Crippen LogP contribution in [0.5, 0.6) is 0 Å². The second kappa shape index (κ2) is 7.71. The molecule has 3 rings (SSSR count). The van der Waals surface area contributed by atoms with Crippen molar-refractivity contribution in [2.24, 2.45) is 5.92 Å². The van der Waals surface area contributed by atoms with Crippen LogP contribution in [0.1, 0.15) is 75.7 Å². The van der Waals surface area contributed by atoms with E-state index in [1.54, 1.807) is 6.20 Å². The van der Waals surface area contributed by atoms with E-state index < -0.39 is 0 Å². The third kappa shape index (κ3) is 4.18. The number of pyridine rings is 1. The van der Waals surface area contributed by atoms with Crippen molar-refractivity contribution >= 4 is 0 Å². The molecule has 124 valence electrons. The number of aromatic nitrogens is 3. The molecule has 4 nitrogen and oxygen atoms in total. The highest BCUT2D eigenvalue weighted by Gasteiger charge is 2.25. The van der Waals surface area contributed by atoms with Crippen LogP contribution in [0.2, 0.25) is 0 Å². The van der Waals surface area contributed by atoms with Gasteiger partial charge in [0.2, 0.25) is 0 Å². The molecule has 4 heteroatoms. The molecule has 1 aliphatic rings. The van der Waals surface area contributed by atoms with E-state index in [0.29, 0.717) is 11.8 Å². The maximum atomic E-state index is 5.45. The van der Waals surface area contributed by atoms with Crippen LogP contribution >= 0.6 is 0 Å². The largest absolute Gasteiger partial charge is 0.334 e. The summed E-state index contributed by atoms with van der Waals surface area (Å²) in [5, 5.41) is 4.23. The van der Waals surface area contributed by atoms with Gasteiger partial charge in [-0.1, -0.05) is 37.8 Å². The van der Waals surface area contributed by atoms with Crippen molar-refractivity contribution in [2.75, 3.05) is 0 Å². The van der Waals surface area contributed by atoms with Gasteiger partial charge in [0, 0.05) is 17.8 Å². The SMILES string of the molecule is CCCCCC1CCC(c2noc(-c3ccc(C)nc3)n2)CC1. The van der Waals surface area contributed by atoms with Gasteiger partial charge in [0.15, 0.2) is 5.82 Å². The number of rotatable bonds is 6. The molecular weight excluding hydrogens is 286 g/mol. The molecule has 0 saturated heterocycles. The average molecular weight is 313 g/mol. The van der Waals surface area contributed by atoms with Crippen LogP contribution < -0.4 is 0 Å². The third-order valence-electron chi connectivity index (χ3n) is 5.03. The second-order valence-electron chi connectivity index (χ2n) is 6.86. The normalized spacial score (nSPS) is 21.5. The molecular formula is C19H27N3O. The first-order valence-corrected chi connectivity index (χ1v) is 9.03. The first kappa shape index (κ1) is 16.2. The summed E-state index contributed by atoms with van der Waals surface area (Å²) in [6, 6.07) is 3.96. The Bertz CT molecular complexity index is 597. The summed E-state index contributed by atoms with van der Waals surface area (Å²) in [5.74, 6) is 2.85. The molecule has 0 radical (unpaired) electrons. The predicted octanol–water partition coefficient (Wildman–Crippen LogP) is 5.29. The van der Waals surface area contributed by atoms with Gasteiger partial charge in [0.1, 0.15) is 0 Å². The number of nitrogens with zero attached hydrogens (tertiary/aromatic N) is 3. The van der Waals surface area contributed by atoms with Crippen molar-refractivity contribution < 1.29 is 4.52 Å². The highest BCUT2D eigenvalue weighted by Crippen LogP contribution is 2.37. The van der Waals surface area contributed by atoms with E-state index in [4.69, 9.17) is 4.52 Å². The van der Waals surface area contributed by atoms with E-state index in [-0.39, 0.29) is 0 Å². The molecule has 0 aromatic carbocycles. The summed E-state index contributed by atoms with van der Waals surface area (Å²) in [7, 11) is 0. The standard InChI is InChI=1S/C19H27N3O/c1-3-4-5-6-15-8-11-16(12-9-15)18-21-19(23-22-18)17-10-7-14(2)20-13-17/h7,10,13,15-16H,3-6,8-9,11-12H2,1-2H3. The fraction of sp³-hybridized carbons (Fsp3) is 0.632. The first-order chi connectivity index (χ1) is 11.3. The number of hydrogen-bond donors (Lipinski definition) is 0. The van der Waals surface area contributed by atoms with Gasteiger partial charge in [0.05, 0.1) is 5.56 Å². The van der Waals surface area contributed by atoms with Crippen LogP contribution in [0.25, 0.3) is 11.5 Å². The summed E-state index contributed by atoms with van der Waals surface area (Å²) in [4.78, 5) is 8.91. The van der Waals surface area contributed by atoms with Crippen molar-refractivity contribution in [3.63, 3.8) is 0 Å². The lowest BCUT2D eigenvalue weighted by atomic mass is 9.79.